The Kier molecular flexibility index (Phi) is 4.88. The number of hydrogen-bond donors (Lipinski definition) is 2. The Labute approximate surface area is 192 Å². The lowest BCUT2D eigenvalue weighted by Gasteiger charge is -2.25. The molecule has 5 aromatic rings. The highest BCUT2D eigenvalue weighted by atomic mass is 32.1. The average Bonchev–Trinajstić information content (AvgIpc) is 3.56. The number of aromatic nitrogens is 4. The van der Waals surface area contributed by atoms with E-state index in [4.69, 9.17) is 4.42 Å². The van der Waals surface area contributed by atoms with Crippen molar-refractivity contribution in [3.05, 3.63) is 48.2 Å². The number of anilines is 1. The van der Waals surface area contributed by atoms with Gasteiger partial charge in [0.15, 0.2) is 11.4 Å². The number of nitrogens with zero attached hydrogens (tertiary/aromatic N) is 4. The molecule has 1 saturated carbocycles. The van der Waals surface area contributed by atoms with Crippen LogP contribution >= 0.6 is 11.3 Å². The average molecular weight is 464 g/mol. The van der Waals surface area contributed by atoms with E-state index in [2.05, 4.69) is 20.4 Å². The number of thiophene rings is 1. The van der Waals surface area contributed by atoms with Crippen molar-refractivity contribution in [3.8, 4) is 22.5 Å². The Bertz CT molecular complexity index is 1460. The molecule has 1 fully saturated rings. The predicted octanol–water partition coefficient (Wildman–Crippen LogP) is 5.62. The van der Waals surface area contributed by atoms with Gasteiger partial charge in [-0.05, 0) is 31.7 Å². The Morgan fingerprint density at radius 3 is 2.76 bits per heavy atom. The maximum atomic E-state index is 13.8. The first-order valence-corrected chi connectivity index (χ1v) is 11.8. The van der Waals surface area contributed by atoms with Gasteiger partial charge in [0.25, 0.3) is 0 Å². The van der Waals surface area contributed by atoms with E-state index >= 15 is 0 Å². The van der Waals surface area contributed by atoms with Crippen molar-refractivity contribution in [3.63, 3.8) is 0 Å². The molecule has 9 heteroatoms. The molecule has 33 heavy (non-hydrogen) atoms. The smallest absolute Gasteiger partial charge is 0.213 e. The van der Waals surface area contributed by atoms with Crippen LogP contribution in [-0.4, -0.2) is 38.0 Å². The summed E-state index contributed by atoms with van der Waals surface area (Å²) >= 11 is 1.51. The summed E-state index contributed by atoms with van der Waals surface area (Å²) in [7, 11) is 1.81. The summed E-state index contributed by atoms with van der Waals surface area (Å²) < 4.78 is 23.0. The number of aliphatic hydroxyl groups excluding tert-OH is 1. The fourth-order valence-electron chi connectivity index (χ4n) is 4.66. The topological polar surface area (TPSA) is 89.0 Å². The Morgan fingerprint density at radius 1 is 1.09 bits per heavy atom. The highest BCUT2D eigenvalue weighted by Gasteiger charge is 2.23. The second-order valence-electron chi connectivity index (χ2n) is 8.45. The fraction of sp³-hybridized carbons (Fsp3) is 0.292. The molecule has 2 N–H and O–H groups in total. The molecule has 0 radical (unpaired) electrons. The van der Waals surface area contributed by atoms with E-state index in [0.29, 0.717) is 23.2 Å². The van der Waals surface area contributed by atoms with Crippen LogP contribution in [0.4, 0.5) is 10.2 Å². The molecule has 7 nitrogen and oxygen atoms in total. The summed E-state index contributed by atoms with van der Waals surface area (Å²) in [6.07, 6.45) is 10.5. The van der Waals surface area contributed by atoms with Crippen LogP contribution < -0.4 is 5.32 Å². The van der Waals surface area contributed by atoms with Gasteiger partial charge < -0.3 is 14.8 Å². The van der Waals surface area contributed by atoms with E-state index in [1.807, 2.05) is 34.7 Å². The van der Waals surface area contributed by atoms with Gasteiger partial charge in [0.1, 0.15) is 5.76 Å². The van der Waals surface area contributed by atoms with Crippen molar-refractivity contribution >= 4 is 38.2 Å². The van der Waals surface area contributed by atoms with Gasteiger partial charge in [0, 0.05) is 64.5 Å². The van der Waals surface area contributed by atoms with Crippen molar-refractivity contribution < 1.29 is 13.9 Å². The van der Waals surface area contributed by atoms with Gasteiger partial charge in [0.2, 0.25) is 5.95 Å². The molecule has 0 bridgehead atoms. The molecule has 168 valence electrons. The summed E-state index contributed by atoms with van der Waals surface area (Å²) in [5, 5.41) is 21.2. The number of furan rings is 1. The molecule has 0 aromatic carbocycles. The Balaban J connectivity index is 1.45. The minimum atomic E-state index is -0.515. The molecule has 0 atom stereocenters. The lowest BCUT2D eigenvalue weighted by atomic mass is 9.93. The molecule has 1 aliphatic carbocycles. The summed E-state index contributed by atoms with van der Waals surface area (Å²) in [5.41, 5.74) is 3.36. The molecule has 0 saturated heterocycles. The molecule has 5 heterocycles. The monoisotopic (exact) mass is 463 g/mol. The quantitative estimate of drug-likeness (QED) is 0.336. The van der Waals surface area contributed by atoms with E-state index in [0.717, 1.165) is 57.8 Å². The Morgan fingerprint density at radius 2 is 1.94 bits per heavy atom. The van der Waals surface area contributed by atoms with Crippen molar-refractivity contribution in [2.24, 2.45) is 0 Å². The van der Waals surface area contributed by atoms with Crippen molar-refractivity contribution in [2.45, 2.75) is 37.8 Å². The molecule has 0 spiro atoms. The maximum Gasteiger partial charge on any atom is 0.213 e. The van der Waals surface area contributed by atoms with E-state index < -0.39 is 5.95 Å². The SMILES string of the molecule is CNc1ncc(-c2cnn([C@H]3CC[C@H](O)CC3)c2)c2cc(-c3csc4cnc(F)cc34)oc12. The highest BCUT2D eigenvalue weighted by Crippen LogP contribution is 2.41. The standard InChI is InChI=1S/C24H22FN5O2S/c1-26-24-23-17(6-20(32-23)19-12-33-21-10-27-22(25)7-16(19)21)18(9-28-24)13-8-29-30(11-13)14-2-4-15(31)5-3-14/h6-12,14-15,31H,2-5H2,1H3,(H,26,28)/t14-,15-. The molecule has 6 rings (SSSR count). The summed E-state index contributed by atoms with van der Waals surface area (Å²) in [4.78, 5) is 8.32. The predicted molar refractivity (Wildman–Crippen MR) is 127 cm³/mol. The van der Waals surface area contributed by atoms with Crippen LogP contribution in [0, 0.1) is 5.95 Å². The van der Waals surface area contributed by atoms with E-state index in [9.17, 15) is 9.50 Å². The maximum absolute atomic E-state index is 13.8. The van der Waals surface area contributed by atoms with Crippen molar-refractivity contribution in [2.75, 3.05) is 12.4 Å². The number of fused-ring (bicyclic) bond motifs is 2. The lowest BCUT2D eigenvalue weighted by molar-refractivity contribution is 0.108. The molecule has 0 amide bonds. The third-order valence-electron chi connectivity index (χ3n) is 6.44. The van der Waals surface area contributed by atoms with Gasteiger partial charge in [-0.25, -0.2) is 9.97 Å². The first-order chi connectivity index (χ1) is 16.1. The van der Waals surface area contributed by atoms with Gasteiger partial charge in [-0.2, -0.15) is 9.49 Å². The number of hydrogen-bond acceptors (Lipinski definition) is 7. The van der Waals surface area contributed by atoms with Crippen LogP contribution in [0.5, 0.6) is 0 Å². The first-order valence-electron chi connectivity index (χ1n) is 11.0. The molecular formula is C24H22FN5O2S. The number of pyridine rings is 2. The zero-order chi connectivity index (χ0) is 22.5. The van der Waals surface area contributed by atoms with E-state index in [1.54, 1.807) is 13.2 Å². The molecule has 0 unspecified atom stereocenters. The van der Waals surface area contributed by atoms with Gasteiger partial charge in [-0.3, -0.25) is 4.68 Å². The first kappa shape index (κ1) is 20.3. The van der Waals surface area contributed by atoms with Crippen molar-refractivity contribution in [1.29, 1.82) is 0 Å². The fourth-order valence-corrected chi connectivity index (χ4v) is 5.56. The number of aliphatic hydroxyl groups is 1. The van der Waals surface area contributed by atoms with Gasteiger partial charge in [0.05, 0.1) is 23.0 Å². The third kappa shape index (κ3) is 3.48. The minimum Gasteiger partial charge on any atom is -0.452 e. The third-order valence-corrected chi connectivity index (χ3v) is 7.38. The van der Waals surface area contributed by atoms with Gasteiger partial charge >= 0.3 is 0 Å². The molecule has 5 aromatic heterocycles. The minimum absolute atomic E-state index is 0.198. The van der Waals surface area contributed by atoms with Gasteiger partial charge in [-0.15, -0.1) is 11.3 Å². The van der Waals surface area contributed by atoms with Crippen LogP contribution in [0.2, 0.25) is 0 Å². The summed E-state index contributed by atoms with van der Waals surface area (Å²) in [5.74, 6) is 0.779. The zero-order valence-corrected chi connectivity index (χ0v) is 18.8. The van der Waals surface area contributed by atoms with E-state index in [1.165, 1.54) is 17.4 Å². The molecular weight excluding hydrogens is 441 g/mol. The highest BCUT2D eigenvalue weighted by molar-refractivity contribution is 7.17. The van der Waals surface area contributed by atoms with Crippen LogP contribution in [0.15, 0.2) is 46.7 Å². The second-order valence-corrected chi connectivity index (χ2v) is 9.36. The molecule has 0 aliphatic heterocycles. The number of rotatable bonds is 4. The largest absolute Gasteiger partial charge is 0.452 e. The van der Waals surface area contributed by atoms with Gasteiger partial charge in [-0.1, -0.05) is 0 Å². The number of nitrogens with one attached hydrogen (secondary N) is 1. The van der Waals surface area contributed by atoms with Crippen molar-refractivity contribution in [1.82, 2.24) is 19.7 Å². The van der Waals surface area contributed by atoms with Crippen LogP contribution in [-0.2, 0) is 0 Å². The summed E-state index contributed by atoms with van der Waals surface area (Å²) in [6.45, 7) is 0. The van der Waals surface area contributed by atoms with E-state index in [-0.39, 0.29) is 6.10 Å². The second kappa shape index (κ2) is 7.93. The van der Waals surface area contributed by atoms with Crippen LogP contribution in [0.25, 0.3) is 43.5 Å². The lowest BCUT2D eigenvalue weighted by Crippen LogP contribution is -2.21. The Hall–Kier alpha value is -3.30. The zero-order valence-electron chi connectivity index (χ0n) is 18.0. The van der Waals surface area contributed by atoms with Crippen LogP contribution in [0.3, 0.4) is 0 Å². The molecule has 1 aliphatic rings. The normalized spacial score (nSPS) is 18.9. The van der Waals surface area contributed by atoms with Crippen LogP contribution in [0.1, 0.15) is 31.7 Å². The summed E-state index contributed by atoms with van der Waals surface area (Å²) in [6, 6.07) is 3.72. The number of halogens is 1.